The molecule has 2 unspecified atom stereocenters. The second kappa shape index (κ2) is 6.65. The van der Waals surface area contributed by atoms with Crippen LogP contribution in [0.2, 0.25) is 0 Å². The molecule has 2 N–H and O–H groups in total. The molecule has 110 valence electrons. The maximum atomic E-state index is 12.1. The smallest absolute Gasteiger partial charge is 0.326 e. The van der Waals surface area contributed by atoms with E-state index in [0.717, 1.165) is 5.56 Å². The number of amides is 1. The summed E-state index contributed by atoms with van der Waals surface area (Å²) in [4.78, 5) is 27.3. The molecule has 0 saturated carbocycles. The van der Waals surface area contributed by atoms with Crippen molar-refractivity contribution in [3.05, 3.63) is 48.5 Å². The van der Waals surface area contributed by atoms with Gasteiger partial charge in [0.25, 0.3) is 0 Å². The summed E-state index contributed by atoms with van der Waals surface area (Å²) in [5.74, 6) is -1.46. The first-order valence-electron chi connectivity index (χ1n) is 6.49. The third-order valence-corrected chi connectivity index (χ3v) is 3.10. The topological polar surface area (TPSA) is 97.1 Å². The van der Waals surface area contributed by atoms with Gasteiger partial charge in [-0.25, -0.2) is 4.79 Å². The average Bonchev–Trinajstić information content (AvgIpc) is 3.00. The first-order valence-corrected chi connectivity index (χ1v) is 6.49. The number of carboxylic acid groups (broad SMARTS) is 1. The van der Waals surface area contributed by atoms with Gasteiger partial charge in [-0.15, -0.1) is 0 Å². The van der Waals surface area contributed by atoms with Crippen LogP contribution in [0.5, 0.6) is 0 Å². The molecule has 0 spiro atoms. The molecule has 2 atom stereocenters. The van der Waals surface area contributed by atoms with E-state index in [0.29, 0.717) is 0 Å². The second-order valence-electron chi connectivity index (χ2n) is 4.62. The van der Waals surface area contributed by atoms with Crippen LogP contribution in [0.1, 0.15) is 18.5 Å². The number of aliphatic carboxylic acids is 1. The number of pyridine rings is 1. The van der Waals surface area contributed by atoms with Crippen LogP contribution in [0, 0.1) is 0 Å². The van der Waals surface area contributed by atoms with Crippen LogP contribution in [0.15, 0.2) is 43.0 Å². The van der Waals surface area contributed by atoms with Gasteiger partial charge in [0, 0.05) is 31.2 Å². The Morgan fingerprint density at radius 3 is 2.62 bits per heavy atom. The molecule has 0 radical (unpaired) electrons. The minimum atomic E-state index is -1.08. The lowest BCUT2D eigenvalue weighted by Crippen LogP contribution is -2.45. The molecular weight excluding hydrogens is 272 g/mol. The largest absolute Gasteiger partial charge is 0.480 e. The molecule has 0 aliphatic heterocycles. The van der Waals surface area contributed by atoms with Crippen LogP contribution < -0.4 is 5.32 Å². The number of rotatable bonds is 6. The number of aromatic nitrogens is 3. The summed E-state index contributed by atoms with van der Waals surface area (Å²) in [5.41, 5.74) is 0.796. The molecule has 0 aliphatic carbocycles. The first kappa shape index (κ1) is 14.7. The molecule has 2 heterocycles. The summed E-state index contributed by atoms with van der Waals surface area (Å²) in [6, 6.07) is 3.59. The molecule has 0 bridgehead atoms. The van der Waals surface area contributed by atoms with E-state index < -0.39 is 18.1 Å². The summed E-state index contributed by atoms with van der Waals surface area (Å²) in [6.45, 7) is 1.66. The van der Waals surface area contributed by atoms with Gasteiger partial charge < -0.3 is 10.4 Å². The zero-order valence-electron chi connectivity index (χ0n) is 11.5. The average molecular weight is 288 g/mol. The molecular formula is C14H16N4O3. The van der Waals surface area contributed by atoms with Crippen molar-refractivity contribution in [2.24, 2.45) is 0 Å². The van der Waals surface area contributed by atoms with Gasteiger partial charge in [0.1, 0.15) is 12.1 Å². The summed E-state index contributed by atoms with van der Waals surface area (Å²) in [7, 11) is 0. The maximum absolute atomic E-state index is 12.1. The maximum Gasteiger partial charge on any atom is 0.326 e. The van der Waals surface area contributed by atoms with Gasteiger partial charge in [0.2, 0.25) is 5.91 Å². The number of carbonyl (C=O) groups excluding carboxylic acids is 1. The zero-order valence-corrected chi connectivity index (χ0v) is 11.5. The molecule has 2 rings (SSSR count). The summed E-state index contributed by atoms with van der Waals surface area (Å²) >= 11 is 0. The third-order valence-electron chi connectivity index (χ3n) is 3.10. The monoisotopic (exact) mass is 288 g/mol. The quantitative estimate of drug-likeness (QED) is 0.813. The molecule has 0 fully saturated rings. The fraction of sp³-hybridized carbons (Fsp3) is 0.286. The Hall–Kier alpha value is -2.70. The Balaban J connectivity index is 2.03. The third kappa shape index (κ3) is 3.88. The lowest BCUT2D eigenvalue weighted by Gasteiger charge is -2.18. The van der Waals surface area contributed by atoms with Gasteiger partial charge in [-0.3, -0.25) is 14.5 Å². The van der Waals surface area contributed by atoms with Crippen molar-refractivity contribution in [2.45, 2.75) is 25.4 Å². The van der Waals surface area contributed by atoms with Crippen molar-refractivity contribution >= 4 is 11.9 Å². The van der Waals surface area contributed by atoms with E-state index in [4.69, 9.17) is 0 Å². The van der Waals surface area contributed by atoms with Crippen molar-refractivity contribution in [2.75, 3.05) is 0 Å². The molecule has 2 aromatic heterocycles. The number of carboxylic acids is 1. The van der Waals surface area contributed by atoms with Crippen LogP contribution in [0.4, 0.5) is 0 Å². The summed E-state index contributed by atoms with van der Waals surface area (Å²) < 4.78 is 1.47. The Labute approximate surface area is 121 Å². The fourth-order valence-corrected chi connectivity index (χ4v) is 1.88. The predicted molar refractivity (Wildman–Crippen MR) is 74.4 cm³/mol. The van der Waals surface area contributed by atoms with Gasteiger partial charge >= 0.3 is 5.97 Å². The number of nitrogens with zero attached hydrogens (tertiary/aromatic N) is 3. The van der Waals surface area contributed by atoms with Gasteiger partial charge in [-0.1, -0.05) is 0 Å². The lowest BCUT2D eigenvalue weighted by atomic mass is 10.1. The number of carbonyl (C=O) groups is 2. The highest BCUT2D eigenvalue weighted by Gasteiger charge is 2.24. The molecule has 7 nitrogen and oxygen atoms in total. The second-order valence-corrected chi connectivity index (χ2v) is 4.62. The highest BCUT2D eigenvalue weighted by Crippen LogP contribution is 2.06. The highest BCUT2D eigenvalue weighted by molar-refractivity contribution is 5.85. The van der Waals surface area contributed by atoms with Crippen LogP contribution in [0.3, 0.4) is 0 Å². The molecule has 0 saturated heterocycles. The van der Waals surface area contributed by atoms with E-state index in [1.165, 1.54) is 4.68 Å². The van der Waals surface area contributed by atoms with Crippen LogP contribution in [-0.2, 0) is 16.0 Å². The standard InChI is InChI=1S/C14H16N4O3/c1-10(18-8-2-5-16-18)13(19)17-12(14(20)21)9-11-3-6-15-7-4-11/h2-8,10,12H,9H2,1H3,(H,17,19)(H,20,21). The predicted octanol–water partition coefficient (Wildman–Crippen LogP) is 0.651. The number of nitrogens with one attached hydrogen (secondary N) is 1. The van der Waals surface area contributed by atoms with Gasteiger partial charge in [0.15, 0.2) is 0 Å². The Morgan fingerprint density at radius 1 is 1.33 bits per heavy atom. The normalized spacial score (nSPS) is 13.4. The Bertz CT molecular complexity index is 598. The van der Waals surface area contributed by atoms with E-state index in [1.54, 1.807) is 49.9 Å². The van der Waals surface area contributed by atoms with Crippen molar-refractivity contribution < 1.29 is 14.7 Å². The molecule has 0 aromatic carbocycles. The minimum Gasteiger partial charge on any atom is -0.480 e. The molecule has 21 heavy (non-hydrogen) atoms. The molecule has 0 aliphatic rings. The van der Waals surface area contributed by atoms with Gasteiger partial charge in [-0.2, -0.15) is 5.10 Å². The number of hydrogen-bond donors (Lipinski definition) is 2. The fourth-order valence-electron chi connectivity index (χ4n) is 1.88. The van der Waals surface area contributed by atoms with E-state index in [-0.39, 0.29) is 12.3 Å². The van der Waals surface area contributed by atoms with Crippen LogP contribution in [-0.4, -0.2) is 37.8 Å². The first-order chi connectivity index (χ1) is 10.1. The van der Waals surface area contributed by atoms with Crippen molar-refractivity contribution in [1.29, 1.82) is 0 Å². The van der Waals surface area contributed by atoms with Crippen LogP contribution >= 0.6 is 0 Å². The summed E-state index contributed by atoms with van der Waals surface area (Å²) in [6.07, 6.45) is 6.60. The van der Waals surface area contributed by atoms with E-state index >= 15 is 0 Å². The van der Waals surface area contributed by atoms with Crippen LogP contribution in [0.25, 0.3) is 0 Å². The van der Waals surface area contributed by atoms with E-state index in [9.17, 15) is 14.7 Å². The van der Waals surface area contributed by atoms with Gasteiger partial charge in [-0.05, 0) is 30.7 Å². The van der Waals surface area contributed by atoms with E-state index in [2.05, 4.69) is 15.4 Å². The minimum absolute atomic E-state index is 0.204. The highest BCUT2D eigenvalue weighted by atomic mass is 16.4. The SMILES string of the molecule is CC(C(=O)NC(Cc1ccncc1)C(=O)O)n1cccn1. The van der Waals surface area contributed by atoms with Crippen molar-refractivity contribution in [3.8, 4) is 0 Å². The Kier molecular flexibility index (Phi) is 4.65. The van der Waals surface area contributed by atoms with E-state index in [1.807, 2.05) is 0 Å². The van der Waals surface area contributed by atoms with Crippen molar-refractivity contribution in [1.82, 2.24) is 20.1 Å². The van der Waals surface area contributed by atoms with Gasteiger partial charge in [0.05, 0.1) is 0 Å². The zero-order chi connectivity index (χ0) is 15.2. The number of hydrogen-bond acceptors (Lipinski definition) is 4. The molecule has 7 heteroatoms. The summed E-state index contributed by atoms with van der Waals surface area (Å²) in [5, 5.41) is 15.7. The van der Waals surface area contributed by atoms with Crippen molar-refractivity contribution in [3.63, 3.8) is 0 Å². The molecule has 1 amide bonds. The Morgan fingerprint density at radius 2 is 2.05 bits per heavy atom. The molecule has 2 aromatic rings. The lowest BCUT2D eigenvalue weighted by molar-refractivity contribution is -0.142.